The van der Waals surface area contributed by atoms with Crippen LogP contribution in [0.25, 0.3) is 0 Å². The van der Waals surface area contributed by atoms with Crippen molar-refractivity contribution in [3.8, 4) is 0 Å². The molecule has 0 aromatic carbocycles. The van der Waals surface area contributed by atoms with Crippen molar-refractivity contribution in [2.24, 2.45) is 0 Å². The summed E-state index contributed by atoms with van der Waals surface area (Å²) in [6, 6.07) is 0. The highest BCUT2D eigenvalue weighted by Crippen LogP contribution is 2.00. The highest BCUT2D eigenvalue weighted by atomic mass is 16.3. The predicted octanol–water partition coefficient (Wildman–Crippen LogP) is 0.148. The maximum Gasteiger partial charge on any atom is 0.0665 e. The second-order valence-electron chi connectivity index (χ2n) is 4.83. The normalized spacial score (nSPS) is 16.8. The minimum atomic E-state index is -0.369. The second-order valence-corrected chi connectivity index (χ2v) is 4.83. The van der Waals surface area contributed by atoms with Crippen molar-refractivity contribution in [3.05, 3.63) is 0 Å². The van der Waals surface area contributed by atoms with Gasteiger partial charge in [-0.05, 0) is 19.3 Å². The van der Waals surface area contributed by atoms with Crippen molar-refractivity contribution >= 4 is 0 Å². The Morgan fingerprint density at radius 3 is 1.67 bits per heavy atom. The summed E-state index contributed by atoms with van der Waals surface area (Å²) in [6.45, 7) is 8.01. The zero-order valence-corrected chi connectivity index (χ0v) is 12.0. The van der Waals surface area contributed by atoms with E-state index in [2.05, 4.69) is 5.32 Å². The van der Waals surface area contributed by atoms with Gasteiger partial charge in [0.15, 0.2) is 0 Å². The Hall–Kier alpha value is -0.200. The summed E-state index contributed by atoms with van der Waals surface area (Å²) in [5.41, 5.74) is 0. The molecule has 0 spiro atoms. The van der Waals surface area contributed by atoms with E-state index in [1.165, 1.54) is 0 Å². The average Bonchev–Trinajstić information content (AvgIpc) is 2.37. The Labute approximate surface area is 111 Å². The highest BCUT2D eigenvalue weighted by molar-refractivity contribution is 4.68. The summed E-state index contributed by atoms with van der Waals surface area (Å²) < 4.78 is 0. The molecule has 5 heteroatoms. The summed E-state index contributed by atoms with van der Waals surface area (Å²) in [7, 11) is 0. The lowest BCUT2D eigenvalue weighted by Crippen LogP contribution is -2.44. The van der Waals surface area contributed by atoms with Crippen LogP contribution in [0, 0.1) is 0 Å². The van der Waals surface area contributed by atoms with E-state index in [4.69, 9.17) is 0 Å². The van der Waals surface area contributed by atoms with Crippen molar-refractivity contribution in [3.63, 3.8) is 0 Å². The zero-order chi connectivity index (χ0) is 14.0. The van der Waals surface area contributed by atoms with Crippen LogP contribution in [0.2, 0.25) is 0 Å². The molecule has 3 unspecified atom stereocenters. The SMILES string of the molecule is CCC(O)CNCN(CC(O)CC)CC(O)CC. The van der Waals surface area contributed by atoms with Crippen LogP contribution in [0.4, 0.5) is 0 Å². The molecular weight excluding hydrogens is 232 g/mol. The molecule has 0 radical (unpaired) electrons. The van der Waals surface area contributed by atoms with Gasteiger partial charge in [0.25, 0.3) is 0 Å². The topological polar surface area (TPSA) is 76.0 Å². The maximum atomic E-state index is 9.67. The Morgan fingerprint density at radius 2 is 1.28 bits per heavy atom. The van der Waals surface area contributed by atoms with Gasteiger partial charge < -0.3 is 20.6 Å². The standard InChI is InChI=1S/C13H30N2O3/c1-4-11(16)7-14-10-15(8-12(17)5-2)9-13(18)6-3/h11-14,16-18H,4-10H2,1-3H3. The molecule has 0 bridgehead atoms. The molecule has 0 aromatic heterocycles. The third kappa shape index (κ3) is 8.83. The van der Waals surface area contributed by atoms with Crippen LogP contribution in [-0.2, 0) is 0 Å². The zero-order valence-electron chi connectivity index (χ0n) is 12.0. The summed E-state index contributed by atoms with van der Waals surface area (Å²) >= 11 is 0. The second kappa shape index (κ2) is 10.7. The van der Waals surface area contributed by atoms with Gasteiger partial charge in [-0.15, -0.1) is 0 Å². The molecule has 0 aliphatic rings. The highest BCUT2D eigenvalue weighted by Gasteiger charge is 2.14. The molecule has 110 valence electrons. The van der Waals surface area contributed by atoms with Gasteiger partial charge in [0.1, 0.15) is 0 Å². The number of aliphatic hydroxyl groups excluding tert-OH is 3. The molecule has 0 rings (SSSR count). The van der Waals surface area contributed by atoms with Gasteiger partial charge in [0.05, 0.1) is 18.3 Å². The smallest absolute Gasteiger partial charge is 0.0665 e. The van der Waals surface area contributed by atoms with Crippen LogP contribution in [0.5, 0.6) is 0 Å². The molecular formula is C13H30N2O3. The number of hydrogen-bond donors (Lipinski definition) is 4. The van der Waals surface area contributed by atoms with Gasteiger partial charge in [-0.25, -0.2) is 0 Å². The van der Waals surface area contributed by atoms with Crippen LogP contribution in [0.15, 0.2) is 0 Å². The first-order valence-electron chi connectivity index (χ1n) is 7.00. The Bertz CT molecular complexity index is 181. The van der Waals surface area contributed by atoms with E-state index in [0.717, 1.165) is 6.42 Å². The third-order valence-electron chi connectivity index (χ3n) is 3.07. The number of hydrogen-bond acceptors (Lipinski definition) is 5. The van der Waals surface area contributed by atoms with Crippen molar-refractivity contribution in [1.29, 1.82) is 0 Å². The average molecular weight is 262 g/mol. The number of aliphatic hydroxyl groups is 3. The first-order valence-corrected chi connectivity index (χ1v) is 7.00. The third-order valence-corrected chi connectivity index (χ3v) is 3.07. The van der Waals surface area contributed by atoms with Gasteiger partial charge in [0.2, 0.25) is 0 Å². The summed E-state index contributed by atoms with van der Waals surface area (Å²) in [4.78, 5) is 1.99. The minimum absolute atomic E-state index is 0.334. The lowest BCUT2D eigenvalue weighted by Gasteiger charge is -2.27. The monoisotopic (exact) mass is 262 g/mol. The van der Waals surface area contributed by atoms with E-state index in [-0.39, 0.29) is 18.3 Å². The fourth-order valence-electron chi connectivity index (χ4n) is 1.59. The Morgan fingerprint density at radius 1 is 0.833 bits per heavy atom. The molecule has 0 saturated heterocycles. The van der Waals surface area contributed by atoms with E-state index < -0.39 is 0 Å². The van der Waals surface area contributed by atoms with Crippen LogP contribution in [-0.4, -0.2) is 64.8 Å². The van der Waals surface area contributed by atoms with E-state index in [9.17, 15) is 15.3 Å². The number of rotatable bonds is 11. The summed E-state index contributed by atoms with van der Waals surface area (Å²) in [6.07, 6.45) is 1.06. The molecule has 0 amide bonds. The van der Waals surface area contributed by atoms with Gasteiger partial charge in [0, 0.05) is 26.3 Å². The van der Waals surface area contributed by atoms with Crippen molar-refractivity contribution in [2.75, 3.05) is 26.3 Å². The first kappa shape index (κ1) is 17.8. The van der Waals surface area contributed by atoms with Crippen molar-refractivity contribution in [2.45, 2.75) is 58.3 Å². The van der Waals surface area contributed by atoms with Crippen molar-refractivity contribution in [1.82, 2.24) is 10.2 Å². The van der Waals surface area contributed by atoms with Gasteiger partial charge >= 0.3 is 0 Å². The fraction of sp³-hybridized carbons (Fsp3) is 1.00. The fourth-order valence-corrected chi connectivity index (χ4v) is 1.59. The van der Waals surface area contributed by atoms with E-state index >= 15 is 0 Å². The molecule has 0 aliphatic heterocycles. The van der Waals surface area contributed by atoms with E-state index in [0.29, 0.717) is 39.1 Å². The quantitative estimate of drug-likeness (QED) is 0.399. The maximum absolute atomic E-state index is 9.67. The van der Waals surface area contributed by atoms with Gasteiger partial charge in [-0.3, -0.25) is 4.90 Å². The number of nitrogens with zero attached hydrogens (tertiary/aromatic N) is 1. The predicted molar refractivity (Wildman–Crippen MR) is 73.3 cm³/mol. The molecule has 5 nitrogen and oxygen atoms in total. The largest absolute Gasteiger partial charge is 0.392 e. The van der Waals surface area contributed by atoms with Crippen molar-refractivity contribution < 1.29 is 15.3 Å². The van der Waals surface area contributed by atoms with Crippen LogP contribution < -0.4 is 5.32 Å². The summed E-state index contributed by atoms with van der Waals surface area (Å²) in [5, 5.41) is 31.9. The molecule has 18 heavy (non-hydrogen) atoms. The molecule has 4 N–H and O–H groups in total. The van der Waals surface area contributed by atoms with Crippen LogP contribution in [0.3, 0.4) is 0 Å². The molecule has 0 aromatic rings. The van der Waals surface area contributed by atoms with Gasteiger partial charge in [-0.2, -0.15) is 0 Å². The minimum Gasteiger partial charge on any atom is -0.392 e. The lowest BCUT2D eigenvalue weighted by atomic mass is 10.2. The Kier molecular flexibility index (Phi) is 10.6. The molecule has 0 fully saturated rings. The van der Waals surface area contributed by atoms with E-state index in [1.54, 1.807) is 0 Å². The van der Waals surface area contributed by atoms with Crippen LogP contribution in [0.1, 0.15) is 40.0 Å². The molecule has 0 aliphatic carbocycles. The Balaban J connectivity index is 4.03. The lowest BCUT2D eigenvalue weighted by molar-refractivity contribution is 0.0589. The molecule has 3 atom stereocenters. The van der Waals surface area contributed by atoms with Gasteiger partial charge in [-0.1, -0.05) is 20.8 Å². The number of nitrogens with one attached hydrogen (secondary N) is 1. The van der Waals surface area contributed by atoms with E-state index in [1.807, 2.05) is 25.7 Å². The molecule has 0 heterocycles. The van der Waals surface area contributed by atoms with Crippen LogP contribution >= 0.6 is 0 Å². The molecule has 0 saturated carbocycles. The first-order chi connectivity index (χ1) is 8.53. The summed E-state index contributed by atoms with van der Waals surface area (Å²) in [5.74, 6) is 0.